The number of nitrogens with two attached hydrogens (primary N) is 1. The molecule has 0 aromatic heterocycles. The molecule has 2 atom stereocenters. The van der Waals surface area contributed by atoms with Crippen molar-refractivity contribution in [1.29, 1.82) is 0 Å². The Morgan fingerprint density at radius 2 is 2.27 bits per heavy atom. The zero-order valence-corrected chi connectivity index (χ0v) is 10.6. The van der Waals surface area contributed by atoms with Crippen LogP contribution in [0.5, 0.6) is 0 Å². The van der Waals surface area contributed by atoms with E-state index in [4.69, 9.17) is 10.5 Å². The van der Waals surface area contributed by atoms with Gasteiger partial charge in [-0.3, -0.25) is 0 Å². The molecule has 0 spiro atoms. The second-order valence-electron chi connectivity index (χ2n) is 5.30. The molecule has 0 bridgehead atoms. The number of nitrogens with zero attached hydrogens (tertiary/aromatic N) is 1. The molecule has 2 fully saturated rings. The zero-order chi connectivity index (χ0) is 10.9. The fraction of sp³-hybridized carbons (Fsp3) is 1.00. The minimum Gasteiger partial charge on any atom is -0.379 e. The average Bonchev–Trinajstić information content (AvgIpc) is 2.50. The number of rotatable bonds is 2. The van der Waals surface area contributed by atoms with Crippen LogP contribution in [0.2, 0.25) is 0 Å². The van der Waals surface area contributed by atoms with Crippen molar-refractivity contribution < 1.29 is 4.74 Å². The van der Waals surface area contributed by atoms with Gasteiger partial charge in [0.05, 0.1) is 13.2 Å². The van der Waals surface area contributed by atoms with E-state index in [0.29, 0.717) is 10.7 Å². The predicted molar refractivity (Wildman–Crippen MR) is 65.3 cm³/mol. The minimum atomic E-state index is 0.252. The van der Waals surface area contributed by atoms with E-state index in [-0.39, 0.29) is 6.04 Å². The summed E-state index contributed by atoms with van der Waals surface area (Å²) in [7, 11) is 0. The normalized spacial score (nSPS) is 37.0. The molecule has 2 aliphatic heterocycles. The van der Waals surface area contributed by atoms with Gasteiger partial charge in [0, 0.05) is 42.1 Å². The van der Waals surface area contributed by atoms with Gasteiger partial charge in [0.15, 0.2) is 0 Å². The first-order valence-corrected chi connectivity index (χ1v) is 6.75. The summed E-state index contributed by atoms with van der Waals surface area (Å²) >= 11 is 2.08. The van der Waals surface area contributed by atoms with E-state index < -0.39 is 0 Å². The second-order valence-corrected chi connectivity index (χ2v) is 7.11. The van der Waals surface area contributed by atoms with Crippen LogP contribution in [0.4, 0.5) is 0 Å². The Morgan fingerprint density at radius 3 is 2.87 bits per heavy atom. The lowest BCUT2D eigenvalue weighted by Crippen LogP contribution is -2.47. The second kappa shape index (κ2) is 4.62. The van der Waals surface area contributed by atoms with Crippen molar-refractivity contribution in [2.24, 2.45) is 11.7 Å². The maximum atomic E-state index is 6.01. The summed E-state index contributed by atoms with van der Waals surface area (Å²) in [5.41, 5.74) is 6.01. The summed E-state index contributed by atoms with van der Waals surface area (Å²) in [5, 5.41) is 0. The minimum absolute atomic E-state index is 0.252. The molecule has 2 saturated heterocycles. The van der Waals surface area contributed by atoms with E-state index in [1.54, 1.807) is 0 Å². The highest BCUT2D eigenvalue weighted by atomic mass is 32.2. The van der Waals surface area contributed by atoms with E-state index in [2.05, 4.69) is 30.5 Å². The smallest absolute Gasteiger partial charge is 0.0621 e. The van der Waals surface area contributed by atoms with E-state index in [9.17, 15) is 0 Å². The standard InChI is InChI=1S/C11H22N2OS/c1-11(2)8-13(3-4-15-11)5-9-6-14-7-10(9)12/h9-10H,3-8,12H2,1-2H3. The molecule has 2 N–H and O–H groups in total. The lowest BCUT2D eigenvalue weighted by Gasteiger charge is -2.38. The maximum absolute atomic E-state index is 6.01. The van der Waals surface area contributed by atoms with Gasteiger partial charge in [0.25, 0.3) is 0 Å². The van der Waals surface area contributed by atoms with Crippen molar-refractivity contribution in [3.63, 3.8) is 0 Å². The van der Waals surface area contributed by atoms with Crippen molar-refractivity contribution in [2.45, 2.75) is 24.6 Å². The Labute approximate surface area is 96.7 Å². The molecule has 2 rings (SSSR count). The molecule has 3 nitrogen and oxygen atoms in total. The quantitative estimate of drug-likeness (QED) is 0.761. The summed E-state index contributed by atoms with van der Waals surface area (Å²) < 4.78 is 5.81. The maximum Gasteiger partial charge on any atom is 0.0621 e. The Balaban J connectivity index is 1.83. The lowest BCUT2D eigenvalue weighted by molar-refractivity contribution is 0.164. The molecule has 0 aliphatic carbocycles. The van der Waals surface area contributed by atoms with E-state index in [1.807, 2.05) is 0 Å². The lowest BCUT2D eigenvalue weighted by atomic mass is 10.0. The van der Waals surface area contributed by atoms with Gasteiger partial charge in [-0.25, -0.2) is 0 Å². The van der Waals surface area contributed by atoms with Gasteiger partial charge in [-0.2, -0.15) is 11.8 Å². The summed E-state index contributed by atoms with van der Waals surface area (Å²) in [5.74, 6) is 1.79. The highest BCUT2D eigenvalue weighted by Gasteiger charge is 2.31. The molecule has 0 saturated carbocycles. The van der Waals surface area contributed by atoms with Gasteiger partial charge in [-0.1, -0.05) is 0 Å². The first-order valence-electron chi connectivity index (χ1n) is 5.76. The van der Waals surface area contributed by atoms with Crippen LogP contribution >= 0.6 is 11.8 Å². The third-order valence-electron chi connectivity index (χ3n) is 3.25. The molecule has 4 heteroatoms. The number of hydrogen-bond donors (Lipinski definition) is 1. The summed E-state index contributed by atoms with van der Waals surface area (Å²) in [6.07, 6.45) is 0. The fourth-order valence-electron chi connectivity index (χ4n) is 2.40. The van der Waals surface area contributed by atoms with E-state index >= 15 is 0 Å². The molecular formula is C11H22N2OS. The van der Waals surface area contributed by atoms with Crippen molar-refractivity contribution in [3.05, 3.63) is 0 Å². The zero-order valence-electron chi connectivity index (χ0n) is 9.74. The number of ether oxygens (including phenoxy) is 1. The molecule has 15 heavy (non-hydrogen) atoms. The Morgan fingerprint density at radius 1 is 1.47 bits per heavy atom. The first-order chi connectivity index (χ1) is 7.07. The van der Waals surface area contributed by atoms with Crippen molar-refractivity contribution in [2.75, 3.05) is 38.6 Å². The largest absolute Gasteiger partial charge is 0.379 e. The number of thioether (sulfide) groups is 1. The monoisotopic (exact) mass is 230 g/mol. The van der Waals surface area contributed by atoms with Crippen molar-refractivity contribution >= 4 is 11.8 Å². The topological polar surface area (TPSA) is 38.5 Å². The summed E-state index contributed by atoms with van der Waals surface area (Å²) in [6.45, 7) is 9.76. The number of hydrogen-bond acceptors (Lipinski definition) is 4. The van der Waals surface area contributed by atoms with Gasteiger partial charge in [0.2, 0.25) is 0 Å². The predicted octanol–water partition coefficient (Wildman–Crippen LogP) is 0.788. The van der Waals surface area contributed by atoms with Crippen LogP contribution in [-0.2, 0) is 4.74 Å². The van der Waals surface area contributed by atoms with Crippen LogP contribution in [0.25, 0.3) is 0 Å². The SMILES string of the molecule is CC1(C)CN(CC2COCC2N)CCS1. The van der Waals surface area contributed by atoms with Gasteiger partial charge in [-0.05, 0) is 13.8 Å². The molecule has 2 unspecified atom stereocenters. The molecule has 0 aromatic rings. The van der Waals surface area contributed by atoms with Crippen LogP contribution in [0.1, 0.15) is 13.8 Å². The molecule has 0 radical (unpaired) electrons. The Bertz CT molecular complexity index is 223. The van der Waals surface area contributed by atoms with Gasteiger partial charge in [0.1, 0.15) is 0 Å². The van der Waals surface area contributed by atoms with Crippen LogP contribution in [0.3, 0.4) is 0 Å². The summed E-state index contributed by atoms with van der Waals surface area (Å²) in [6, 6.07) is 0.252. The Kier molecular flexibility index (Phi) is 3.60. The van der Waals surface area contributed by atoms with Crippen molar-refractivity contribution in [1.82, 2.24) is 4.90 Å². The van der Waals surface area contributed by atoms with E-state index in [0.717, 1.165) is 19.8 Å². The molecule has 2 aliphatic rings. The highest BCUT2D eigenvalue weighted by Crippen LogP contribution is 2.30. The molecule has 2 heterocycles. The van der Waals surface area contributed by atoms with Crippen molar-refractivity contribution in [3.8, 4) is 0 Å². The van der Waals surface area contributed by atoms with Gasteiger partial charge >= 0.3 is 0 Å². The van der Waals surface area contributed by atoms with Crippen LogP contribution in [-0.4, -0.2) is 54.3 Å². The summed E-state index contributed by atoms with van der Waals surface area (Å²) in [4.78, 5) is 2.55. The van der Waals surface area contributed by atoms with Gasteiger partial charge < -0.3 is 15.4 Å². The van der Waals surface area contributed by atoms with Crippen LogP contribution in [0, 0.1) is 5.92 Å². The first kappa shape index (κ1) is 11.7. The van der Waals surface area contributed by atoms with Gasteiger partial charge in [-0.15, -0.1) is 0 Å². The third kappa shape index (κ3) is 3.09. The fourth-order valence-corrected chi connectivity index (χ4v) is 3.58. The third-order valence-corrected chi connectivity index (χ3v) is 4.54. The highest BCUT2D eigenvalue weighted by molar-refractivity contribution is 8.00. The molecule has 0 amide bonds. The molecule has 0 aromatic carbocycles. The van der Waals surface area contributed by atoms with Crippen LogP contribution < -0.4 is 5.73 Å². The molecule has 88 valence electrons. The Hall–Kier alpha value is 0.230. The van der Waals surface area contributed by atoms with E-state index in [1.165, 1.54) is 18.8 Å². The average molecular weight is 230 g/mol. The van der Waals surface area contributed by atoms with Crippen LogP contribution in [0.15, 0.2) is 0 Å². The molecular weight excluding hydrogens is 208 g/mol.